The van der Waals surface area contributed by atoms with Crippen LogP contribution in [-0.4, -0.2) is 36.5 Å². The van der Waals surface area contributed by atoms with E-state index >= 15 is 0 Å². The van der Waals surface area contributed by atoms with Crippen molar-refractivity contribution in [3.8, 4) is 10.6 Å². The predicted octanol–water partition coefficient (Wildman–Crippen LogP) is 4.42. The number of ether oxygens (including phenoxy) is 1. The fraction of sp³-hybridized carbons (Fsp3) is 0.409. The topological polar surface area (TPSA) is 75.6 Å². The molecule has 0 atom stereocenters. The van der Waals surface area contributed by atoms with E-state index < -0.39 is 17.5 Å². The second-order valence-corrected chi connectivity index (χ2v) is 8.16. The minimum absolute atomic E-state index is 0.123. The molecule has 1 amide bonds. The number of aryl methyl sites for hydroxylation is 1. The first-order valence-corrected chi connectivity index (χ1v) is 11.2. The first-order valence-electron chi connectivity index (χ1n) is 10.4. The van der Waals surface area contributed by atoms with Gasteiger partial charge in [0.1, 0.15) is 28.0 Å². The van der Waals surface area contributed by atoms with Crippen LogP contribution in [0.4, 0.5) is 8.78 Å². The third-order valence-corrected chi connectivity index (χ3v) is 5.88. The van der Waals surface area contributed by atoms with E-state index in [4.69, 9.17) is 4.74 Å². The fourth-order valence-electron chi connectivity index (χ4n) is 3.23. The van der Waals surface area contributed by atoms with Gasteiger partial charge in [-0.1, -0.05) is 19.9 Å². The summed E-state index contributed by atoms with van der Waals surface area (Å²) in [4.78, 5) is 21.4. The second kappa shape index (κ2) is 10.6. The lowest BCUT2D eigenvalue weighted by Crippen LogP contribution is -2.34. The molecule has 166 valence electrons. The Morgan fingerprint density at radius 2 is 1.94 bits per heavy atom. The summed E-state index contributed by atoms with van der Waals surface area (Å²) in [7, 11) is 0. The maximum Gasteiger partial charge on any atom is 0.275 e. The van der Waals surface area contributed by atoms with E-state index in [1.807, 2.05) is 13.8 Å². The lowest BCUT2D eigenvalue weighted by molar-refractivity contribution is 0.0960. The van der Waals surface area contributed by atoms with Gasteiger partial charge in [0.2, 0.25) is 5.90 Å². The Bertz CT molecular complexity index is 977. The van der Waals surface area contributed by atoms with Crippen LogP contribution in [0.1, 0.15) is 42.1 Å². The molecule has 0 bridgehead atoms. The molecule has 2 N–H and O–H groups in total. The van der Waals surface area contributed by atoms with Crippen molar-refractivity contribution < 1.29 is 18.3 Å². The van der Waals surface area contributed by atoms with Crippen molar-refractivity contribution >= 4 is 23.1 Å². The van der Waals surface area contributed by atoms with Crippen LogP contribution in [0.15, 0.2) is 35.1 Å². The molecule has 2 aliphatic heterocycles. The third-order valence-electron chi connectivity index (χ3n) is 4.89. The van der Waals surface area contributed by atoms with E-state index in [1.54, 1.807) is 6.92 Å². The number of nitrogens with one attached hydrogen (secondary N) is 2. The molecule has 3 heterocycles. The number of nitrogens with zero attached hydrogens (tertiary/aromatic N) is 2. The third kappa shape index (κ3) is 5.34. The van der Waals surface area contributed by atoms with E-state index in [2.05, 4.69) is 20.6 Å². The number of hydrogen-bond acceptors (Lipinski definition) is 6. The Kier molecular flexibility index (Phi) is 7.86. The van der Waals surface area contributed by atoms with Gasteiger partial charge in [0, 0.05) is 4.88 Å². The van der Waals surface area contributed by atoms with Crippen LogP contribution in [0.5, 0.6) is 0 Å². The van der Waals surface area contributed by atoms with Crippen LogP contribution in [0, 0.1) is 24.5 Å². The predicted molar refractivity (Wildman–Crippen MR) is 118 cm³/mol. The van der Waals surface area contributed by atoms with Crippen LogP contribution in [-0.2, 0) is 4.74 Å². The molecule has 4 rings (SSSR count). The van der Waals surface area contributed by atoms with Gasteiger partial charge >= 0.3 is 0 Å². The van der Waals surface area contributed by atoms with Crippen molar-refractivity contribution in [3.05, 3.63) is 52.3 Å². The molecule has 1 aromatic carbocycles. The highest BCUT2D eigenvalue weighted by Gasteiger charge is 2.25. The van der Waals surface area contributed by atoms with E-state index in [1.165, 1.54) is 12.3 Å². The molecule has 2 aliphatic rings. The number of aromatic nitrogens is 1. The zero-order valence-corrected chi connectivity index (χ0v) is 18.6. The van der Waals surface area contributed by atoms with Gasteiger partial charge in [0.05, 0.1) is 18.4 Å². The summed E-state index contributed by atoms with van der Waals surface area (Å²) < 4.78 is 33.8. The zero-order chi connectivity index (χ0) is 22.4. The Morgan fingerprint density at radius 3 is 2.55 bits per heavy atom. The van der Waals surface area contributed by atoms with E-state index in [-0.39, 0.29) is 16.3 Å². The molecule has 0 saturated carbocycles. The molecule has 1 saturated heterocycles. The number of piperidine rings is 1. The van der Waals surface area contributed by atoms with Crippen molar-refractivity contribution in [3.63, 3.8) is 0 Å². The van der Waals surface area contributed by atoms with Gasteiger partial charge in [-0.25, -0.2) is 18.8 Å². The number of amides is 1. The highest BCUT2D eigenvalue weighted by molar-refractivity contribution is 7.15. The monoisotopic (exact) mass is 448 g/mol. The molecule has 1 aromatic heterocycles. The maximum atomic E-state index is 14.0. The van der Waals surface area contributed by atoms with Gasteiger partial charge < -0.3 is 15.4 Å². The lowest BCUT2D eigenvalue weighted by atomic mass is 9.99. The van der Waals surface area contributed by atoms with E-state index in [0.717, 1.165) is 49.4 Å². The molecule has 31 heavy (non-hydrogen) atoms. The minimum Gasteiger partial charge on any atom is -0.476 e. The van der Waals surface area contributed by atoms with Gasteiger partial charge in [-0.3, -0.25) is 4.79 Å². The number of aliphatic imine (C=N–C) groups is 1. The van der Waals surface area contributed by atoms with Crippen LogP contribution in [0.3, 0.4) is 0 Å². The number of benzene rings is 1. The summed E-state index contributed by atoms with van der Waals surface area (Å²) in [6.45, 7) is 8.20. The van der Waals surface area contributed by atoms with Crippen LogP contribution >= 0.6 is 11.3 Å². The first kappa shape index (κ1) is 23.0. The minimum atomic E-state index is -0.715. The number of carbonyl (C=O) groups excluding carboxylic acids is 1. The molecule has 6 nitrogen and oxygen atoms in total. The smallest absolute Gasteiger partial charge is 0.275 e. The number of carbonyl (C=O) groups is 1. The molecule has 9 heteroatoms. The summed E-state index contributed by atoms with van der Waals surface area (Å²) >= 11 is 1.07. The van der Waals surface area contributed by atoms with E-state index in [0.29, 0.717) is 29.0 Å². The largest absolute Gasteiger partial charge is 0.476 e. The number of rotatable bonds is 5. The highest BCUT2D eigenvalue weighted by Crippen LogP contribution is 2.31. The van der Waals surface area contributed by atoms with Crippen LogP contribution < -0.4 is 10.6 Å². The normalized spacial score (nSPS) is 15.8. The zero-order valence-electron chi connectivity index (χ0n) is 17.8. The van der Waals surface area contributed by atoms with Crippen LogP contribution in [0.25, 0.3) is 10.6 Å². The second-order valence-electron chi connectivity index (χ2n) is 6.96. The van der Waals surface area contributed by atoms with Gasteiger partial charge in [-0.15, -0.1) is 11.3 Å². The Hall–Kier alpha value is -2.65. The standard InChI is InChI=1S/C20H20F2N4O2S.C2H6/c1-11-17(26-20(29-11)16-13(21)3-2-4-14(16)22)18(27)25-15-9-24-19(15)28-10-12-5-7-23-8-6-12;1-2/h2-4,9,12,23H,5-8,10H2,1H3,(H,25,27);1-2H3. The molecule has 0 radical (unpaired) electrons. The highest BCUT2D eigenvalue weighted by atomic mass is 32.1. The Morgan fingerprint density at radius 1 is 1.26 bits per heavy atom. The summed E-state index contributed by atoms with van der Waals surface area (Å²) in [6.07, 6.45) is 3.60. The Labute approximate surface area is 184 Å². The summed E-state index contributed by atoms with van der Waals surface area (Å²) in [6, 6.07) is 3.61. The number of thiazole rings is 1. The van der Waals surface area contributed by atoms with E-state index in [9.17, 15) is 13.6 Å². The molecule has 0 aliphatic carbocycles. The molecule has 2 aromatic rings. The van der Waals surface area contributed by atoms with Crippen molar-refractivity contribution in [2.75, 3.05) is 19.7 Å². The van der Waals surface area contributed by atoms with Gasteiger partial charge in [0.25, 0.3) is 5.91 Å². The molecule has 0 spiro atoms. The summed E-state index contributed by atoms with van der Waals surface area (Å²) in [5.41, 5.74) is 0.378. The van der Waals surface area contributed by atoms with Gasteiger partial charge in [-0.05, 0) is 50.9 Å². The first-order chi connectivity index (χ1) is 15.0. The fourth-order valence-corrected chi connectivity index (χ4v) is 4.18. The van der Waals surface area contributed by atoms with Crippen molar-refractivity contribution in [1.82, 2.24) is 15.6 Å². The van der Waals surface area contributed by atoms with Crippen molar-refractivity contribution in [2.45, 2.75) is 33.6 Å². The molecule has 0 unspecified atom stereocenters. The Balaban J connectivity index is 0.00000132. The number of hydrogen-bond donors (Lipinski definition) is 2. The van der Waals surface area contributed by atoms with Gasteiger partial charge in [-0.2, -0.15) is 0 Å². The SMILES string of the molecule is CC.Cc1sc(-c2c(F)cccc2F)nc1C(=O)NC1=CN=C1OCC1CCNCC1. The van der Waals surface area contributed by atoms with Gasteiger partial charge in [0.15, 0.2) is 0 Å². The molecule has 1 fully saturated rings. The average molecular weight is 449 g/mol. The number of halogens is 2. The molecular weight excluding hydrogens is 422 g/mol. The van der Waals surface area contributed by atoms with Crippen LogP contribution in [0.2, 0.25) is 0 Å². The summed E-state index contributed by atoms with van der Waals surface area (Å²) in [5, 5.41) is 6.15. The maximum absolute atomic E-state index is 14.0. The molecular formula is C22H26F2N4O2S. The quantitative estimate of drug-likeness (QED) is 0.710. The summed E-state index contributed by atoms with van der Waals surface area (Å²) in [5.74, 6) is -1.03. The average Bonchev–Trinajstić information content (AvgIpc) is 3.14. The lowest BCUT2D eigenvalue weighted by Gasteiger charge is -2.24. The van der Waals surface area contributed by atoms with Crippen molar-refractivity contribution in [2.24, 2.45) is 10.9 Å². The van der Waals surface area contributed by atoms with Crippen molar-refractivity contribution in [1.29, 1.82) is 0 Å².